The molecule has 1 fully saturated rings. The lowest BCUT2D eigenvalue weighted by Gasteiger charge is -2.11. The highest BCUT2D eigenvalue weighted by Gasteiger charge is 2.37. The minimum Gasteiger partial charge on any atom is -0.399 e. The molecule has 0 saturated heterocycles. The lowest BCUT2D eigenvalue weighted by molar-refractivity contribution is 0.250. The zero-order valence-corrected chi connectivity index (χ0v) is 9.42. The summed E-state index contributed by atoms with van der Waals surface area (Å²) in [6, 6.07) is 6.98. The summed E-state index contributed by atoms with van der Waals surface area (Å²) in [5.41, 5.74) is 7.31. The smallest absolute Gasteiger partial charge is 0.319 e. The Hall–Kier alpha value is -1.71. The van der Waals surface area contributed by atoms with Gasteiger partial charge in [0.1, 0.15) is 0 Å². The highest BCUT2D eigenvalue weighted by atomic mass is 16.2. The number of hydrogen-bond acceptors (Lipinski definition) is 2. The molecular weight excluding hydrogens is 202 g/mol. The number of nitrogens with two attached hydrogens (primary N) is 1. The second-order valence-electron chi connectivity index (χ2n) is 4.74. The molecule has 4 N–H and O–H groups in total. The summed E-state index contributed by atoms with van der Waals surface area (Å²) in [5.74, 6) is 0. The van der Waals surface area contributed by atoms with E-state index in [0.29, 0.717) is 11.1 Å². The number of carbonyl (C=O) groups excluding carboxylic acids is 1. The van der Waals surface area contributed by atoms with Crippen molar-refractivity contribution < 1.29 is 4.79 Å². The molecule has 4 nitrogen and oxygen atoms in total. The molecule has 16 heavy (non-hydrogen) atoms. The van der Waals surface area contributed by atoms with E-state index in [-0.39, 0.29) is 6.03 Å². The number of amides is 2. The first-order valence-electron chi connectivity index (χ1n) is 5.48. The number of hydrogen-bond donors (Lipinski definition) is 3. The molecule has 0 atom stereocenters. The first-order chi connectivity index (χ1) is 7.57. The largest absolute Gasteiger partial charge is 0.399 e. The Balaban J connectivity index is 1.82. The van der Waals surface area contributed by atoms with Crippen molar-refractivity contribution in [2.45, 2.75) is 19.8 Å². The van der Waals surface area contributed by atoms with E-state index >= 15 is 0 Å². The van der Waals surface area contributed by atoms with Gasteiger partial charge in [-0.3, -0.25) is 0 Å². The van der Waals surface area contributed by atoms with Gasteiger partial charge in [0, 0.05) is 17.9 Å². The van der Waals surface area contributed by atoms with E-state index in [2.05, 4.69) is 17.6 Å². The molecule has 1 aromatic carbocycles. The van der Waals surface area contributed by atoms with Gasteiger partial charge in [0.05, 0.1) is 0 Å². The van der Waals surface area contributed by atoms with Crippen molar-refractivity contribution in [2.75, 3.05) is 17.6 Å². The summed E-state index contributed by atoms with van der Waals surface area (Å²) in [6.45, 7) is 2.91. The van der Waals surface area contributed by atoms with Crippen molar-refractivity contribution in [3.8, 4) is 0 Å². The van der Waals surface area contributed by atoms with Gasteiger partial charge in [-0.2, -0.15) is 0 Å². The third kappa shape index (κ3) is 2.89. The molecule has 86 valence electrons. The lowest BCUT2D eigenvalue weighted by Crippen LogP contribution is -2.32. The quantitative estimate of drug-likeness (QED) is 0.682. The van der Waals surface area contributed by atoms with Crippen molar-refractivity contribution in [3.05, 3.63) is 24.3 Å². The Morgan fingerprint density at radius 2 is 2.25 bits per heavy atom. The van der Waals surface area contributed by atoms with Crippen LogP contribution >= 0.6 is 0 Å². The fraction of sp³-hybridized carbons (Fsp3) is 0.417. The molecule has 1 aliphatic rings. The lowest BCUT2D eigenvalue weighted by atomic mass is 10.1. The van der Waals surface area contributed by atoms with Gasteiger partial charge in [0.25, 0.3) is 0 Å². The van der Waals surface area contributed by atoms with Crippen LogP contribution in [0, 0.1) is 5.41 Å². The van der Waals surface area contributed by atoms with Crippen LogP contribution in [0.4, 0.5) is 16.2 Å². The summed E-state index contributed by atoms with van der Waals surface area (Å²) in [7, 11) is 0. The van der Waals surface area contributed by atoms with Gasteiger partial charge < -0.3 is 16.4 Å². The SMILES string of the molecule is CC1(CNC(=O)Nc2cccc(N)c2)CC1. The molecule has 2 amide bonds. The highest BCUT2D eigenvalue weighted by molar-refractivity contribution is 5.89. The second-order valence-corrected chi connectivity index (χ2v) is 4.74. The molecule has 1 aliphatic carbocycles. The minimum atomic E-state index is -0.168. The molecule has 4 heteroatoms. The minimum absolute atomic E-state index is 0.168. The average molecular weight is 219 g/mol. The topological polar surface area (TPSA) is 67.2 Å². The van der Waals surface area contributed by atoms with Crippen LogP contribution in [-0.4, -0.2) is 12.6 Å². The van der Waals surface area contributed by atoms with Crippen molar-refractivity contribution in [1.29, 1.82) is 0 Å². The molecule has 1 saturated carbocycles. The Morgan fingerprint density at radius 1 is 1.50 bits per heavy atom. The van der Waals surface area contributed by atoms with Gasteiger partial charge in [0.2, 0.25) is 0 Å². The van der Waals surface area contributed by atoms with Crippen LogP contribution in [0.25, 0.3) is 0 Å². The molecule has 0 aliphatic heterocycles. The Labute approximate surface area is 95.2 Å². The summed E-state index contributed by atoms with van der Waals surface area (Å²) >= 11 is 0. The Bertz CT molecular complexity index is 399. The van der Waals surface area contributed by atoms with E-state index in [1.54, 1.807) is 12.1 Å². The second kappa shape index (κ2) is 4.04. The Morgan fingerprint density at radius 3 is 2.88 bits per heavy atom. The molecule has 0 spiro atoms. The van der Waals surface area contributed by atoms with E-state index in [9.17, 15) is 4.79 Å². The van der Waals surface area contributed by atoms with Crippen LogP contribution in [0.1, 0.15) is 19.8 Å². The number of urea groups is 1. The number of nitrogens with one attached hydrogen (secondary N) is 2. The van der Waals surface area contributed by atoms with Crippen molar-refractivity contribution >= 4 is 17.4 Å². The summed E-state index contributed by atoms with van der Waals surface area (Å²) in [5, 5.41) is 5.62. The van der Waals surface area contributed by atoms with Crippen molar-refractivity contribution in [2.24, 2.45) is 5.41 Å². The van der Waals surface area contributed by atoms with Gasteiger partial charge in [-0.25, -0.2) is 4.79 Å². The van der Waals surface area contributed by atoms with Crippen LogP contribution < -0.4 is 16.4 Å². The van der Waals surface area contributed by atoms with Gasteiger partial charge in [-0.05, 0) is 36.5 Å². The standard InChI is InChI=1S/C12H17N3O/c1-12(5-6-12)8-14-11(16)15-10-4-2-3-9(13)7-10/h2-4,7H,5-6,8,13H2,1H3,(H2,14,15,16). The fourth-order valence-corrected chi connectivity index (χ4v) is 1.48. The molecular formula is C12H17N3O. The van der Waals surface area contributed by atoms with Crippen LogP contribution in [0.5, 0.6) is 0 Å². The predicted octanol–water partition coefficient (Wildman–Crippen LogP) is 2.19. The molecule has 0 unspecified atom stereocenters. The monoisotopic (exact) mass is 219 g/mol. The zero-order valence-electron chi connectivity index (χ0n) is 9.42. The molecule has 1 aromatic rings. The predicted molar refractivity (Wildman–Crippen MR) is 65.2 cm³/mol. The average Bonchev–Trinajstić information content (AvgIpc) is 2.95. The van der Waals surface area contributed by atoms with Crippen molar-refractivity contribution in [3.63, 3.8) is 0 Å². The van der Waals surface area contributed by atoms with Gasteiger partial charge in [-0.15, -0.1) is 0 Å². The molecule has 0 radical (unpaired) electrons. The van der Waals surface area contributed by atoms with E-state index in [4.69, 9.17) is 5.73 Å². The van der Waals surface area contributed by atoms with Gasteiger partial charge in [-0.1, -0.05) is 13.0 Å². The van der Waals surface area contributed by atoms with Gasteiger partial charge >= 0.3 is 6.03 Å². The van der Waals surface area contributed by atoms with Gasteiger partial charge in [0.15, 0.2) is 0 Å². The van der Waals surface area contributed by atoms with Crippen LogP contribution in [0.2, 0.25) is 0 Å². The maximum atomic E-state index is 11.5. The molecule has 0 heterocycles. The number of carbonyl (C=O) groups is 1. The third-order valence-electron chi connectivity index (χ3n) is 2.92. The summed E-state index contributed by atoms with van der Waals surface area (Å²) in [4.78, 5) is 11.5. The number of rotatable bonds is 3. The maximum Gasteiger partial charge on any atom is 0.319 e. The molecule has 2 rings (SSSR count). The number of anilines is 2. The van der Waals surface area contributed by atoms with Crippen LogP contribution in [-0.2, 0) is 0 Å². The normalized spacial score (nSPS) is 16.6. The summed E-state index contributed by atoms with van der Waals surface area (Å²) < 4.78 is 0. The number of nitrogen functional groups attached to an aromatic ring is 1. The molecule has 0 aromatic heterocycles. The van der Waals surface area contributed by atoms with E-state index < -0.39 is 0 Å². The highest BCUT2D eigenvalue weighted by Crippen LogP contribution is 2.43. The fourth-order valence-electron chi connectivity index (χ4n) is 1.48. The first kappa shape index (κ1) is 10.8. The van der Waals surface area contributed by atoms with Crippen LogP contribution in [0.3, 0.4) is 0 Å². The van der Waals surface area contributed by atoms with Crippen molar-refractivity contribution in [1.82, 2.24) is 5.32 Å². The zero-order chi connectivity index (χ0) is 11.6. The number of benzene rings is 1. The van der Waals surface area contributed by atoms with Crippen LogP contribution in [0.15, 0.2) is 24.3 Å². The maximum absolute atomic E-state index is 11.5. The summed E-state index contributed by atoms with van der Waals surface area (Å²) in [6.07, 6.45) is 2.40. The Kier molecular flexibility index (Phi) is 2.73. The third-order valence-corrected chi connectivity index (χ3v) is 2.92. The first-order valence-corrected chi connectivity index (χ1v) is 5.48. The van der Waals surface area contributed by atoms with E-state index in [1.807, 2.05) is 12.1 Å². The van der Waals surface area contributed by atoms with E-state index in [1.165, 1.54) is 12.8 Å². The molecule has 0 bridgehead atoms. The van der Waals surface area contributed by atoms with E-state index in [0.717, 1.165) is 12.2 Å².